The first kappa shape index (κ1) is 11.2. The van der Waals surface area contributed by atoms with Crippen LogP contribution in [0.3, 0.4) is 0 Å². The molecule has 80 valence electrons. The van der Waals surface area contributed by atoms with Gasteiger partial charge in [0.25, 0.3) is 0 Å². The Morgan fingerprint density at radius 3 is 2.12 bits per heavy atom. The summed E-state index contributed by atoms with van der Waals surface area (Å²) in [5.41, 5.74) is 1.28. The molecule has 0 aliphatic rings. The third-order valence-corrected chi connectivity index (χ3v) is 4.22. The van der Waals surface area contributed by atoms with Crippen molar-refractivity contribution in [3.8, 4) is 0 Å². The SMILES string of the molecule is C(=Cc1ccccc1)C[Se]c1ccccc1. The van der Waals surface area contributed by atoms with Crippen LogP contribution in [0.15, 0.2) is 66.7 Å². The predicted octanol–water partition coefficient (Wildman–Crippen LogP) is 3.15. The molecule has 0 fully saturated rings. The molecule has 2 rings (SSSR count). The Morgan fingerprint density at radius 1 is 0.812 bits per heavy atom. The average Bonchev–Trinajstić information content (AvgIpc) is 2.37. The Morgan fingerprint density at radius 2 is 1.44 bits per heavy atom. The molecule has 0 heterocycles. The van der Waals surface area contributed by atoms with Gasteiger partial charge in [-0.3, -0.25) is 0 Å². The van der Waals surface area contributed by atoms with E-state index in [9.17, 15) is 0 Å². The van der Waals surface area contributed by atoms with Crippen LogP contribution in [0, 0.1) is 0 Å². The van der Waals surface area contributed by atoms with Crippen LogP contribution in [0.5, 0.6) is 0 Å². The molecule has 0 bridgehead atoms. The van der Waals surface area contributed by atoms with E-state index in [2.05, 4.69) is 66.7 Å². The minimum atomic E-state index is 0.562. The molecule has 0 saturated carbocycles. The summed E-state index contributed by atoms with van der Waals surface area (Å²) in [5, 5.41) is 1.16. The van der Waals surface area contributed by atoms with E-state index in [-0.39, 0.29) is 0 Å². The molecule has 0 radical (unpaired) electrons. The number of rotatable bonds is 4. The van der Waals surface area contributed by atoms with Crippen LogP contribution in [-0.4, -0.2) is 15.0 Å². The van der Waals surface area contributed by atoms with Crippen LogP contribution >= 0.6 is 0 Å². The Bertz CT molecular complexity index is 432. The van der Waals surface area contributed by atoms with Gasteiger partial charge in [0.2, 0.25) is 0 Å². The van der Waals surface area contributed by atoms with Crippen molar-refractivity contribution in [1.29, 1.82) is 0 Å². The van der Waals surface area contributed by atoms with Crippen molar-refractivity contribution in [2.24, 2.45) is 0 Å². The first-order valence-electron chi connectivity index (χ1n) is 5.34. The summed E-state index contributed by atoms with van der Waals surface area (Å²) in [6.07, 6.45) is 4.47. The molecule has 0 amide bonds. The monoisotopic (exact) mass is 274 g/mol. The molecular formula is C15H14Se. The minimum absolute atomic E-state index is 0.562. The average molecular weight is 273 g/mol. The van der Waals surface area contributed by atoms with Crippen LogP contribution in [0.2, 0.25) is 5.32 Å². The van der Waals surface area contributed by atoms with Gasteiger partial charge in [0.05, 0.1) is 0 Å². The van der Waals surface area contributed by atoms with Gasteiger partial charge < -0.3 is 0 Å². The molecule has 2 aromatic rings. The molecule has 0 nitrogen and oxygen atoms in total. The predicted molar refractivity (Wildman–Crippen MR) is 72.1 cm³/mol. The molecule has 0 atom stereocenters. The normalized spacial score (nSPS) is 10.8. The molecule has 0 saturated heterocycles. The van der Waals surface area contributed by atoms with E-state index >= 15 is 0 Å². The molecule has 2 aromatic carbocycles. The van der Waals surface area contributed by atoms with Gasteiger partial charge in [-0.05, 0) is 0 Å². The quantitative estimate of drug-likeness (QED) is 0.751. The van der Waals surface area contributed by atoms with E-state index in [1.54, 1.807) is 0 Å². The molecule has 0 aliphatic heterocycles. The van der Waals surface area contributed by atoms with Gasteiger partial charge in [0, 0.05) is 0 Å². The topological polar surface area (TPSA) is 0 Å². The van der Waals surface area contributed by atoms with Crippen LogP contribution in [0.1, 0.15) is 5.56 Å². The van der Waals surface area contributed by atoms with Crippen LogP contribution in [0.25, 0.3) is 6.08 Å². The Hall–Kier alpha value is -1.30. The Kier molecular flexibility index (Phi) is 4.42. The van der Waals surface area contributed by atoms with Gasteiger partial charge in [0.1, 0.15) is 0 Å². The second kappa shape index (κ2) is 6.32. The Balaban J connectivity index is 1.83. The van der Waals surface area contributed by atoms with Crippen molar-refractivity contribution in [2.75, 3.05) is 0 Å². The molecule has 0 aromatic heterocycles. The fourth-order valence-electron chi connectivity index (χ4n) is 1.41. The molecule has 0 spiro atoms. The van der Waals surface area contributed by atoms with Crippen molar-refractivity contribution in [3.63, 3.8) is 0 Å². The third kappa shape index (κ3) is 3.69. The van der Waals surface area contributed by atoms with Crippen LogP contribution in [0.4, 0.5) is 0 Å². The fourth-order valence-corrected chi connectivity index (χ4v) is 2.95. The van der Waals surface area contributed by atoms with Gasteiger partial charge in [-0.2, -0.15) is 0 Å². The molecule has 0 aliphatic carbocycles. The third-order valence-electron chi connectivity index (χ3n) is 2.20. The summed E-state index contributed by atoms with van der Waals surface area (Å²) in [6.45, 7) is 0. The van der Waals surface area contributed by atoms with Crippen LogP contribution in [-0.2, 0) is 0 Å². The molecule has 0 unspecified atom stereocenters. The molecular weight excluding hydrogens is 259 g/mol. The summed E-state index contributed by atoms with van der Waals surface area (Å²) in [7, 11) is 0. The zero-order valence-corrected chi connectivity index (χ0v) is 10.8. The maximum absolute atomic E-state index is 2.27. The van der Waals surface area contributed by atoms with E-state index < -0.39 is 0 Å². The van der Waals surface area contributed by atoms with Gasteiger partial charge in [-0.1, -0.05) is 0 Å². The maximum atomic E-state index is 2.27. The first-order valence-corrected chi connectivity index (χ1v) is 7.41. The van der Waals surface area contributed by atoms with Crippen molar-refractivity contribution in [1.82, 2.24) is 0 Å². The summed E-state index contributed by atoms with van der Waals surface area (Å²) in [4.78, 5) is 0. The first-order chi connectivity index (χ1) is 7.95. The number of hydrogen-bond acceptors (Lipinski definition) is 0. The van der Waals surface area contributed by atoms with Crippen molar-refractivity contribution >= 4 is 25.5 Å². The van der Waals surface area contributed by atoms with Gasteiger partial charge in [0.15, 0.2) is 0 Å². The fraction of sp³-hybridized carbons (Fsp3) is 0.0667. The van der Waals surface area contributed by atoms with Crippen LogP contribution < -0.4 is 4.46 Å². The zero-order valence-electron chi connectivity index (χ0n) is 9.04. The van der Waals surface area contributed by atoms with E-state index in [4.69, 9.17) is 0 Å². The second-order valence-corrected chi connectivity index (χ2v) is 5.73. The molecule has 16 heavy (non-hydrogen) atoms. The number of benzene rings is 2. The van der Waals surface area contributed by atoms with Crippen molar-refractivity contribution in [3.05, 3.63) is 72.3 Å². The molecule has 0 N–H and O–H groups in total. The Labute approximate surface area is 103 Å². The summed E-state index contributed by atoms with van der Waals surface area (Å²) in [6, 6.07) is 21.1. The van der Waals surface area contributed by atoms with Crippen molar-refractivity contribution < 1.29 is 0 Å². The summed E-state index contributed by atoms with van der Waals surface area (Å²) < 4.78 is 1.47. The standard InChI is InChI=1S/C15H14Se/c1-3-8-14(9-4-1)10-7-13-16-15-11-5-2-6-12-15/h1-12H,13H2. The van der Waals surface area contributed by atoms with E-state index in [1.165, 1.54) is 10.0 Å². The second-order valence-electron chi connectivity index (χ2n) is 3.44. The number of hydrogen-bond donors (Lipinski definition) is 0. The van der Waals surface area contributed by atoms with Gasteiger partial charge in [-0.25, -0.2) is 0 Å². The summed E-state index contributed by atoms with van der Waals surface area (Å²) in [5.74, 6) is 0. The zero-order chi connectivity index (χ0) is 11.1. The van der Waals surface area contributed by atoms with E-state index in [1.807, 2.05) is 6.07 Å². The number of allylic oxidation sites excluding steroid dienone is 1. The van der Waals surface area contributed by atoms with E-state index in [0.717, 1.165) is 5.32 Å². The summed E-state index contributed by atoms with van der Waals surface area (Å²) >= 11 is 0.562. The van der Waals surface area contributed by atoms with E-state index in [0.29, 0.717) is 15.0 Å². The van der Waals surface area contributed by atoms with Crippen molar-refractivity contribution in [2.45, 2.75) is 5.32 Å². The van der Waals surface area contributed by atoms with Gasteiger partial charge >= 0.3 is 103 Å². The molecule has 1 heteroatoms. The van der Waals surface area contributed by atoms with Gasteiger partial charge in [-0.15, -0.1) is 0 Å².